The summed E-state index contributed by atoms with van der Waals surface area (Å²) in [4.78, 5) is 31.3. The molecule has 0 N–H and O–H groups in total. The Morgan fingerprint density at radius 3 is 2.17 bits per heavy atom. The SMILES string of the molecule is O=C1[C@H]2CC=CC[C@@H]2C(=O)N1CN1CCN(Cc2ccsc2)CC1. The molecule has 2 fully saturated rings. The molecule has 0 saturated carbocycles. The van der Waals surface area contributed by atoms with Crippen LogP contribution in [0.25, 0.3) is 0 Å². The highest BCUT2D eigenvalue weighted by atomic mass is 32.1. The lowest BCUT2D eigenvalue weighted by Gasteiger charge is -2.36. The molecular weight excluding hydrogens is 322 g/mol. The molecule has 3 heterocycles. The van der Waals surface area contributed by atoms with E-state index in [1.807, 2.05) is 12.2 Å². The molecule has 0 radical (unpaired) electrons. The summed E-state index contributed by atoms with van der Waals surface area (Å²) in [5, 5.41) is 4.31. The van der Waals surface area contributed by atoms with Gasteiger partial charge in [0.25, 0.3) is 0 Å². The van der Waals surface area contributed by atoms with Crippen molar-refractivity contribution in [2.45, 2.75) is 19.4 Å². The molecule has 5 nitrogen and oxygen atoms in total. The van der Waals surface area contributed by atoms with Crippen molar-refractivity contribution in [1.29, 1.82) is 0 Å². The minimum absolute atomic E-state index is 0.0371. The number of allylic oxidation sites excluding steroid dienone is 2. The van der Waals surface area contributed by atoms with Gasteiger partial charge in [0.1, 0.15) is 0 Å². The molecule has 0 spiro atoms. The Hall–Kier alpha value is -1.50. The summed E-state index contributed by atoms with van der Waals surface area (Å²) in [6.07, 6.45) is 5.53. The van der Waals surface area contributed by atoms with E-state index in [0.29, 0.717) is 6.67 Å². The Morgan fingerprint density at radius 2 is 1.58 bits per heavy atom. The minimum Gasteiger partial charge on any atom is -0.297 e. The topological polar surface area (TPSA) is 43.9 Å². The second kappa shape index (κ2) is 6.78. The fourth-order valence-electron chi connectivity index (χ4n) is 3.94. The van der Waals surface area contributed by atoms with Gasteiger partial charge < -0.3 is 0 Å². The van der Waals surface area contributed by atoms with Crippen molar-refractivity contribution < 1.29 is 9.59 Å². The van der Waals surface area contributed by atoms with Gasteiger partial charge in [-0.2, -0.15) is 11.3 Å². The van der Waals surface area contributed by atoms with Crippen LogP contribution >= 0.6 is 11.3 Å². The molecule has 6 heteroatoms. The van der Waals surface area contributed by atoms with Crippen molar-refractivity contribution >= 4 is 23.2 Å². The molecule has 4 rings (SSSR count). The molecule has 0 aromatic carbocycles. The predicted molar refractivity (Wildman–Crippen MR) is 93.2 cm³/mol. The Bertz CT molecular complexity index is 609. The molecule has 1 aromatic rings. The molecule has 1 aromatic heterocycles. The average Bonchev–Trinajstić information content (AvgIpc) is 3.20. The van der Waals surface area contributed by atoms with E-state index in [0.717, 1.165) is 45.6 Å². The molecule has 0 unspecified atom stereocenters. The third-order valence-electron chi connectivity index (χ3n) is 5.39. The van der Waals surface area contributed by atoms with Crippen LogP contribution in [0.3, 0.4) is 0 Å². The number of amides is 2. The summed E-state index contributed by atoms with van der Waals surface area (Å²) in [5.74, 6) is -0.144. The van der Waals surface area contributed by atoms with Gasteiger partial charge in [0, 0.05) is 32.7 Å². The third kappa shape index (κ3) is 3.06. The van der Waals surface area contributed by atoms with Gasteiger partial charge in [0.2, 0.25) is 11.8 Å². The van der Waals surface area contributed by atoms with Gasteiger partial charge in [0.15, 0.2) is 0 Å². The van der Waals surface area contributed by atoms with E-state index in [4.69, 9.17) is 0 Å². The number of carbonyl (C=O) groups is 2. The molecule has 2 amide bonds. The highest BCUT2D eigenvalue weighted by Gasteiger charge is 2.47. The first-order valence-electron chi connectivity index (χ1n) is 8.68. The lowest BCUT2D eigenvalue weighted by atomic mass is 9.85. The van der Waals surface area contributed by atoms with E-state index in [9.17, 15) is 9.59 Å². The van der Waals surface area contributed by atoms with E-state index >= 15 is 0 Å². The van der Waals surface area contributed by atoms with Crippen LogP contribution in [-0.4, -0.2) is 59.4 Å². The highest BCUT2D eigenvalue weighted by Crippen LogP contribution is 2.35. The summed E-state index contributed by atoms with van der Waals surface area (Å²) in [7, 11) is 0. The van der Waals surface area contributed by atoms with Gasteiger partial charge in [-0.05, 0) is 35.2 Å². The second-order valence-electron chi connectivity index (χ2n) is 6.93. The fraction of sp³-hybridized carbons (Fsp3) is 0.556. The molecule has 2 saturated heterocycles. The summed E-state index contributed by atoms with van der Waals surface area (Å²) in [6.45, 7) is 5.26. The van der Waals surface area contributed by atoms with E-state index in [1.165, 1.54) is 10.5 Å². The summed E-state index contributed by atoms with van der Waals surface area (Å²) >= 11 is 1.74. The number of imide groups is 1. The first-order chi connectivity index (χ1) is 11.7. The van der Waals surface area contributed by atoms with E-state index < -0.39 is 0 Å². The van der Waals surface area contributed by atoms with Crippen molar-refractivity contribution in [2.75, 3.05) is 32.8 Å². The van der Waals surface area contributed by atoms with Gasteiger partial charge in [-0.25, -0.2) is 0 Å². The van der Waals surface area contributed by atoms with Gasteiger partial charge in [-0.1, -0.05) is 12.2 Å². The molecule has 3 aliphatic rings. The molecular formula is C18H23N3O2S. The summed E-state index contributed by atoms with van der Waals surface area (Å²) in [6, 6.07) is 2.17. The Labute approximate surface area is 146 Å². The number of hydrogen-bond acceptors (Lipinski definition) is 5. The van der Waals surface area contributed by atoms with Crippen LogP contribution < -0.4 is 0 Å². The summed E-state index contributed by atoms with van der Waals surface area (Å²) in [5.41, 5.74) is 1.37. The number of piperazine rings is 1. The van der Waals surface area contributed by atoms with Crippen LogP contribution in [0.5, 0.6) is 0 Å². The van der Waals surface area contributed by atoms with Gasteiger partial charge in [-0.3, -0.25) is 24.3 Å². The van der Waals surface area contributed by atoms with Crippen LogP contribution in [0.2, 0.25) is 0 Å². The first-order valence-corrected chi connectivity index (χ1v) is 9.62. The standard InChI is InChI=1S/C18H23N3O2S/c22-17-15-3-1-2-4-16(15)18(23)21(17)13-20-8-6-19(7-9-20)11-14-5-10-24-12-14/h1-2,5,10,12,15-16H,3-4,6-9,11,13H2/t15-,16-/m0/s1. The monoisotopic (exact) mass is 345 g/mol. The molecule has 0 bridgehead atoms. The highest BCUT2D eigenvalue weighted by molar-refractivity contribution is 7.07. The quantitative estimate of drug-likeness (QED) is 0.616. The third-order valence-corrected chi connectivity index (χ3v) is 6.12. The first kappa shape index (κ1) is 16.0. The lowest BCUT2D eigenvalue weighted by molar-refractivity contribution is -0.142. The number of thiophene rings is 1. The Morgan fingerprint density at radius 1 is 0.958 bits per heavy atom. The second-order valence-corrected chi connectivity index (χ2v) is 7.71. The maximum atomic E-state index is 12.5. The van der Waals surface area contributed by atoms with E-state index in [1.54, 1.807) is 11.3 Å². The van der Waals surface area contributed by atoms with Crippen LogP contribution in [-0.2, 0) is 16.1 Å². The number of nitrogens with zero attached hydrogens (tertiary/aromatic N) is 3. The van der Waals surface area contributed by atoms with E-state index in [-0.39, 0.29) is 23.7 Å². The molecule has 24 heavy (non-hydrogen) atoms. The summed E-state index contributed by atoms with van der Waals surface area (Å²) < 4.78 is 0. The normalized spacial score (nSPS) is 28.6. The van der Waals surface area contributed by atoms with Gasteiger partial charge in [-0.15, -0.1) is 0 Å². The number of carbonyl (C=O) groups excluding carboxylic acids is 2. The van der Waals surface area contributed by atoms with Crippen molar-refractivity contribution in [3.63, 3.8) is 0 Å². The molecule has 2 atom stereocenters. The number of fused-ring (bicyclic) bond motifs is 1. The maximum absolute atomic E-state index is 12.5. The van der Waals surface area contributed by atoms with Crippen LogP contribution in [0.1, 0.15) is 18.4 Å². The smallest absolute Gasteiger partial charge is 0.234 e. The Kier molecular flexibility index (Phi) is 4.52. The van der Waals surface area contributed by atoms with Crippen molar-refractivity contribution in [2.24, 2.45) is 11.8 Å². The molecule has 2 aliphatic heterocycles. The minimum atomic E-state index is -0.109. The molecule has 128 valence electrons. The predicted octanol–water partition coefficient (Wildman–Crippen LogP) is 1.77. The number of hydrogen-bond donors (Lipinski definition) is 0. The van der Waals surface area contributed by atoms with Gasteiger partial charge in [0.05, 0.1) is 18.5 Å². The average molecular weight is 345 g/mol. The zero-order valence-corrected chi connectivity index (χ0v) is 14.6. The molecule has 1 aliphatic carbocycles. The number of likely N-dealkylation sites (tertiary alicyclic amines) is 1. The van der Waals surface area contributed by atoms with Crippen molar-refractivity contribution in [1.82, 2.24) is 14.7 Å². The van der Waals surface area contributed by atoms with Gasteiger partial charge >= 0.3 is 0 Å². The van der Waals surface area contributed by atoms with Crippen LogP contribution in [0, 0.1) is 11.8 Å². The van der Waals surface area contributed by atoms with Crippen LogP contribution in [0.15, 0.2) is 29.0 Å². The lowest BCUT2D eigenvalue weighted by Crippen LogP contribution is -2.51. The fourth-order valence-corrected chi connectivity index (χ4v) is 4.60. The Balaban J connectivity index is 1.31. The van der Waals surface area contributed by atoms with Crippen molar-refractivity contribution in [3.8, 4) is 0 Å². The van der Waals surface area contributed by atoms with Crippen molar-refractivity contribution in [3.05, 3.63) is 34.5 Å². The van der Waals surface area contributed by atoms with Crippen LogP contribution in [0.4, 0.5) is 0 Å². The maximum Gasteiger partial charge on any atom is 0.234 e. The van der Waals surface area contributed by atoms with E-state index in [2.05, 4.69) is 26.6 Å². The zero-order chi connectivity index (χ0) is 16.5. The zero-order valence-electron chi connectivity index (χ0n) is 13.8. The largest absolute Gasteiger partial charge is 0.297 e. The number of rotatable bonds is 4.